The summed E-state index contributed by atoms with van der Waals surface area (Å²) in [6, 6.07) is 6.00. The number of nitrogens with zero attached hydrogens (tertiary/aromatic N) is 2. The molecular formula is C13H13BrClN3. The third kappa shape index (κ3) is 2.65. The summed E-state index contributed by atoms with van der Waals surface area (Å²) >= 11 is 9.58. The molecule has 0 radical (unpaired) electrons. The van der Waals surface area contributed by atoms with Gasteiger partial charge in [-0.05, 0) is 31.0 Å². The second-order valence-corrected chi connectivity index (χ2v) is 5.09. The lowest BCUT2D eigenvalue weighted by Crippen LogP contribution is -2.01. The first-order valence-electron chi connectivity index (χ1n) is 5.65. The van der Waals surface area contributed by atoms with Crippen LogP contribution in [0.5, 0.6) is 0 Å². The Bertz CT molecular complexity index is 572. The first-order chi connectivity index (χ1) is 8.63. The second kappa shape index (κ2) is 5.67. The first-order valence-corrected chi connectivity index (χ1v) is 6.82. The van der Waals surface area contributed by atoms with Gasteiger partial charge in [-0.15, -0.1) is 0 Å². The molecule has 0 aliphatic heterocycles. The lowest BCUT2D eigenvalue weighted by atomic mass is 10.2. The van der Waals surface area contributed by atoms with Gasteiger partial charge < -0.3 is 5.32 Å². The molecule has 18 heavy (non-hydrogen) atoms. The molecule has 0 atom stereocenters. The van der Waals surface area contributed by atoms with Crippen LogP contribution in [-0.4, -0.2) is 9.97 Å². The molecule has 0 spiro atoms. The van der Waals surface area contributed by atoms with Crippen molar-refractivity contribution in [2.45, 2.75) is 20.3 Å². The molecule has 5 heteroatoms. The molecule has 0 saturated carbocycles. The third-order valence-electron chi connectivity index (χ3n) is 2.77. The average Bonchev–Trinajstić information content (AvgIpc) is 2.35. The Kier molecular flexibility index (Phi) is 4.19. The maximum absolute atomic E-state index is 6.07. The Morgan fingerprint density at radius 3 is 2.83 bits per heavy atom. The van der Waals surface area contributed by atoms with Crippen LogP contribution in [-0.2, 0) is 6.42 Å². The Morgan fingerprint density at radius 2 is 2.11 bits per heavy atom. The van der Waals surface area contributed by atoms with Gasteiger partial charge in [-0.2, -0.15) is 0 Å². The van der Waals surface area contributed by atoms with Crippen molar-refractivity contribution in [1.29, 1.82) is 0 Å². The minimum Gasteiger partial charge on any atom is -0.340 e. The summed E-state index contributed by atoms with van der Waals surface area (Å²) in [6.45, 7) is 4.07. The number of halogens is 2. The van der Waals surface area contributed by atoms with E-state index in [2.05, 4.69) is 31.2 Å². The molecule has 0 aliphatic carbocycles. The van der Waals surface area contributed by atoms with Gasteiger partial charge in [0.25, 0.3) is 0 Å². The van der Waals surface area contributed by atoms with Gasteiger partial charge in [0, 0.05) is 15.7 Å². The number of aromatic nitrogens is 2. The van der Waals surface area contributed by atoms with Gasteiger partial charge in [0.1, 0.15) is 17.3 Å². The normalized spacial score (nSPS) is 10.4. The molecule has 0 amide bonds. The van der Waals surface area contributed by atoms with E-state index in [0.717, 1.165) is 33.5 Å². The average molecular weight is 327 g/mol. The zero-order chi connectivity index (χ0) is 13.1. The minimum atomic E-state index is 0.502. The fraction of sp³-hybridized carbons (Fsp3) is 0.231. The highest BCUT2D eigenvalue weighted by atomic mass is 79.9. The molecule has 0 bridgehead atoms. The number of nitrogens with one attached hydrogen (secondary N) is 1. The minimum absolute atomic E-state index is 0.502. The Labute approximate surface area is 120 Å². The summed E-state index contributed by atoms with van der Waals surface area (Å²) in [5, 5.41) is 3.81. The van der Waals surface area contributed by atoms with E-state index in [4.69, 9.17) is 11.6 Å². The van der Waals surface area contributed by atoms with Crippen LogP contribution >= 0.6 is 27.5 Å². The van der Waals surface area contributed by atoms with Crippen molar-refractivity contribution < 1.29 is 0 Å². The highest BCUT2D eigenvalue weighted by Gasteiger charge is 2.09. The molecule has 94 valence electrons. The fourth-order valence-corrected chi connectivity index (χ4v) is 2.32. The summed E-state index contributed by atoms with van der Waals surface area (Å²) in [6.07, 6.45) is 2.26. The third-order valence-corrected chi connectivity index (χ3v) is 3.95. The Balaban J connectivity index is 2.40. The molecule has 2 aromatic rings. The van der Waals surface area contributed by atoms with E-state index < -0.39 is 0 Å². The molecule has 0 fully saturated rings. The first kappa shape index (κ1) is 13.3. The molecule has 0 aliphatic rings. The summed E-state index contributed by atoms with van der Waals surface area (Å²) in [5.74, 6) is 0.763. The highest BCUT2D eigenvalue weighted by Crippen LogP contribution is 2.28. The maximum atomic E-state index is 6.07. The molecular weight excluding hydrogens is 314 g/mol. The van der Waals surface area contributed by atoms with Gasteiger partial charge in [0.05, 0.1) is 0 Å². The molecule has 1 aromatic carbocycles. The van der Waals surface area contributed by atoms with Gasteiger partial charge in [0.15, 0.2) is 0 Å². The van der Waals surface area contributed by atoms with Crippen LogP contribution in [0.3, 0.4) is 0 Å². The molecule has 1 N–H and O–H groups in total. The van der Waals surface area contributed by atoms with Crippen molar-refractivity contribution in [1.82, 2.24) is 9.97 Å². The number of hydrogen-bond donors (Lipinski definition) is 1. The van der Waals surface area contributed by atoms with E-state index in [1.54, 1.807) is 0 Å². The van der Waals surface area contributed by atoms with Crippen molar-refractivity contribution in [2.75, 3.05) is 5.32 Å². The van der Waals surface area contributed by atoms with E-state index in [1.807, 2.05) is 32.0 Å². The van der Waals surface area contributed by atoms with Crippen molar-refractivity contribution in [3.05, 3.63) is 45.3 Å². The summed E-state index contributed by atoms with van der Waals surface area (Å²) < 4.78 is 1.06. The highest BCUT2D eigenvalue weighted by molar-refractivity contribution is 9.10. The van der Waals surface area contributed by atoms with Crippen molar-refractivity contribution in [2.24, 2.45) is 0 Å². The topological polar surface area (TPSA) is 37.8 Å². The van der Waals surface area contributed by atoms with E-state index in [1.165, 1.54) is 6.33 Å². The summed E-state index contributed by atoms with van der Waals surface area (Å²) in [5.41, 5.74) is 3.07. The lowest BCUT2D eigenvalue weighted by molar-refractivity contribution is 1.05. The van der Waals surface area contributed by atoms with Gasteiger partial charge in [-0.25, -0.2) is 9.97 Å². The van der Waals surface area contributed by atoms with Gasteiger partial charge in [-0.1, -0.05) is 40.5 Å². The molecule has 1 heterocycles. The SMILES string of the molecule is CCc1c(Cl)ncnc1Nc1cccc(Br)c1C. The van der Waals surface area contributed by atoms with Gasteiger partial charge in [0.2, 0.25) is 0 Å². The summed E-state index contributed by atoms with van der Waals surface area (Å²) in [7, 11) is 0. The molecule has 2 rings (SSSR count). The Morgan fingerprint density at radius 1 is 1.33 bits per heavy atom. The van der Waals surface area contributed by atoms with Crippen molar-refractivity contribution in [3.8, 4) is 0 Å². The quantitative estimate of drug-likeness (QED) is 0.843. The number of benzene rings is 1. The predicted octanol–water partition coefficient (Wildman–Crippen LogP) is 4.51. The van der Waals surface area contributed by atoms with E-state index in [9.17, 15) is 0 Å². The standard InChI is InChI=1S/C13H13BrClN3/c1-3-9-12(15)16-7-17-13(9)18-11-6-4-5-10(14)8(11)2/h4-7H,3H2,1-2H3,(H,16,17,18). The monoisotopic (exact) mass is 325 g/mol. The zero-order valence-electron chi connectivity index (χ0n) is 10.2. The molecule has 0 unspecified atom stereocenters. The van der Waals surface area contributed by atoms with Gasteiger partial charge >= 0.3 is 0 Å². The number of rotatable bonds is 3. The van der Waals surface area contributed by atoms with Crippen molar-refractivity contribution in [3.63, 3.8) is 0 Å². The second-order valence-electron chi connectivity index (χ2n) is 3.88. The Hall–Kier alpha value is -1.13. The van der Waals surface area contributed by atoms with Crippen LogP contribution in [0.25, 0.3) is 0 Å². The fourth-order valence-electron chi connectivity index (χ4n) is 1.68. The summed E-state index contributed by atoms with van der Waals surface area (Å²) in [4.78, 5) is 8.25. The van der Waals surface area contributed by atoms with E-state index >= 15 is 0 Å². The van der Waals surface area contributed by atoms with Gasteiger partial charge in [-0.3, -0.25) is 0 Å². The van der Waals surface area contributed by atoms with Crippen molar-refractivity contribution >= 4 is 39.0 Å². The smallest absolute Gasteiger partial charge is 0.138 e. The molecule has 3 nitrogen and oxygen atoms in total. The van der Waals surface area contributed by atoms with E-state index in [-0.39, 0.29) is 0 Å². The van der Waals surface area contributed by atoms with Crippen LogP contribution in [0.15, 0.2) is 29.0 Å². The molecule has 0 saturated heterocycles. The van der Waals surface area contributed by atoms with Crippen LogP contribution in [0.4, 0.5) is 11.5 Å². The van der Waals surface area contributed by atoms with Crippen LogP contribution in [0, 0.1) is 6.92 Å². The lowest BCUT2D eigenvalue weighted by Gasteiger charge is -2.13. The number of anilines is 2. The van der Waals surface area contributed by atoms with Crippen LogP contribution in [0.2, 0.25) is 5.15 Å². The largest absolute Gasteiger partial charge is 0.340 e. The van der Waals surface area contributed by atoms with Crippen LogP contribution in [0.1, 0.15) is 18.1 Å². The predicted molar refractivity (Wildman–Crippen MR) is 78.6 cm³/mol. The van der Waals surface area contributed by atoms with E-state index in [0.29, 0.717) is 5.15 Å². The molecule has 1 aromatic heterocycles. The maximum Gasteiger partial charge on any atom is 0.138 e. The number of hydrogen-bond acceptors (Lipinski definition) is 3. The zero-order valence-corrected chi connectivity index (χ0v) is 12.5. The van der Waals surface area contributed by atoms with Crippen LogP contribution < -0.4 is 5.32 Å².